The van der Waals surface area contributed by atoms with Crippen molar-refractivity contribution < 1.29 is 24.3 Å². The Morgan fingerprint density at radius 3 is 2.45 bits per heavy atom. The maximum atomic E-state index is 13.9. The molecule has 1 aromatic carbocycles. The van der Waals surface area contributed by atoms with Gasteiger partial charge in [-0.2, -0.15) is 0 Å². The standard InChI is InChI=1S/C12H15FN2O5/c1-7-3-8(15(19)20)4-9(10(7)13)11(18)14-12(2,5-16)6-17/h3-4,16-17H,5-6H2,1-2H3,(H,14,18). The largest absolute Gasteiger partial charge is 0.394 e. The Hall–Kier alpha value is -2.06. The Morgan fingerprint density at radius 2 is 2.00 bits per heavy atom. The molecule has 0 saturated carbocycles. The third-order valence-corrected chi connectivity index (χ3v) is 2.81. The summed E-state index contributed by atoms with van der Waals surface area (Å²) in [6.07, 6.45) is 0. The first kappa shape index (κ1) is 16.0. The fraction of sp³-hybridized carbons (Fsp3) is 0.417. The van der Waals surface area contributed by atoms with E-state index < -0.39 is 46.7 Å². The van der Waals surface area contributed by atoms with Gasteiger partial charge < -0.3 is 15.5 Å². The minimum atomic E-state index is -1.35. The predicted molar refractivity (Wildman–Crippen MR) is 67.8 cm³/mol. The number of amides is 1. The van der Waals surface area contributed by atoms with Gasteiger partial charge >= 0.3 is 0 Å². The van der Waals surface area contributed by atoms with E-state index in [0.29, 0.717) is 0 Å². The predicted octanol–water partition coefficient (Wildman–Crippen LogP) is 0.515. The molecular weight excluding hydrogens is 271 g/mol. The highest BCUT2D eigenvalue weighted by atomic mass is 19.1. The molecule has 0 heterocycles. The molecule has 110 valence electrons. The Morgan fingerprint density at radius 1 is 1.45 bits per heavy atom. The zero-order valence-corrected chi connectivity index (χ0v) is 11.0. The second-order valence-corrected chi connectivity index (χ2v) is 4.71. The van der Waals surface area contributed by atoms with Gasteiger partial charge in [0, 0.05) is 12.1 Å². The van der Waals surface area contributed by atoms with Crippen molar-refractivity contribution in [2.24, 2.45) is 0 Å². The van der Waals surface area contributed by atoms with Crippen LogP contribution < -0.4 is 5.32 Å². The van der Waals surface area contributed by atoms with Crippen molar-refractivity contribution in [1.82, 2.24) is 5.32 Å². The van der Waals surface area contributed by atoms with E-state index in [9.17, 15) is 19.3 Å². The second-order valence-electron chi connectivity index (χ2n) is 4.71. The third kappa shape index (κ3) is 3.28. The quantitative estimate of drug-likeness (QED) is 0.539. The summed E-state index contributed by atoms with van der Waals surface area (Å²) in [5.41, 5.74) is -2.31. The first-order chi connectivity index (χ1) is 9.24. The van der Waals surface area contributed by atoms with Crippen molar-refractivity contribution in [3.8, 4) is 0 Å². The highest BCUT2D eigenvalue weighted by Crippen LogP contribution is 2.21. The highest BCUT2D eigenvalue weighted by molar-refractivity contribution is 5.95. The molecule has 8 heteroatoms. The van der Waals surface area contributed by atoms with Gasteiger partial charge in [0.05, 0.1) is 29.2 Å². The van der Waals surface area contributed by atoms with Crippen LogP contribution in [0.5, 0.6) is 0 Å². The molecule has 0 aromatic heterocycles. The lowest BCUT2D eigenvalue weighted by Gasteiger charge is -2.26. The van der Waals surface area contributed by atoms with Crippen molar-refractivity contribution in [1.29, 1.82) is 0 Å². The van der Waals surface area contributed by atoms with Gasteiger partial charge in [-0.15, -0.1) is 0 Å². The van der Waals surface area contributed by atoms with E-state index in [0.717, 1.165) is 12.1 Å². The van der Waals surface area contributed by atoms with Crippen LogP contribution in [0.3, 0.4) is 0 Å². The van der Waals surface area contributed by atoms with E-state index >= 15 is 0 Å². The zero-order chi connectivity index (χ0) is 15.5. The molecular formula is C12H15FN2O5. The molecule has 0 saturated heterocycles. The van der Waals surface area contributed by atoms with Crippen molar-refractivity contribution in [2.75, 3.05) is 13.2 Å². The van der Waals surface area contributed by atoms with Crippen molar-refractivity contribution in [3.63, 3.8) is 0 Å². The fourth-order valence-corrected chi connectivity index (χ4v) is 1.49. The van der Waals surface area contributed by atoms with E-state index in [4.69, 9.17) is 10.2 Å². The van der Waals surface area contributed by atoms with Crippen LogP contribution in [0.1, 0.15) is 22.8 Å². The maximum Gasteiger partial charge on any atom is 0.270 e. The van der Waals surface area contributed by atoms with E-state index in [2.05, 4.69) is 5.32 Å². The van der Waals surface area contributed by atoms with Gasteiger partial charge in [0.15, 0.2) is 0 Å². The summed E-state index contributed by atoms with van der Waals surface area (Å²) in [6, 6.07) is 1.83. The summed E-state index contributed by atoms with van der Waals surface area (Å²) in [5, 5.41) is 31.1. The minimum Gasteiger partial charge on any atom is -0.394 e. The van der Waals surface area contributed by atoms with Gasteiger partial charge in [-0.25, -0.2) is 4.39 Å². The molecule has 0 spiro atoms. The Bertz CT molecular complexity index is 543. The first-order valence-electron chi connectivity index (χ1n) is 5.73. The van der Waals surface area contributed by atoms with Gasteiger partial charge in [-0.1, -0.05) is 0 Å². The summed E-state index contributed by atoms with van der Waals surface area (Å²) in [6.45, 7) is 1.53. The summed E-state index contributed by atoms with van der Waals surface area (Å²) < 4.78 is 13.9. The number of non-ortho nitro benzene ring substituents is 1. The number of aliphatic hydroxyl groups is 2. The lowest BCUT2D eigenvalue weighted by Crippen LogP contribution is -2.51. The van der Waals surface area contributed by atoms with Crippen LogP contribution in [0.25, 0.3) is 0 Å². The van der Waals surface area contributed by atoms with E-state index in [1.807, 2.05) is 0 Å². The van der Waals surface area contributed by atoms with Crippen LogP contribution in [0.15, 0.2) is 12.1 Å². The van der Waals surface area contributed by atoms with Crippen LogP contribution in [0.2, 0.25) is 0 Å². The van der Waals surface area contributed by atoms with E-state index in [1.165, 1.54) is 13.8 Å². The zero-order valence-electron chi connectivity index (χ0n) is 11.0. The molecule has 0 aliphatic heterocycles. The van der Waals surface area contributed by atoms with Crippen molar-refractivity contribution >= 4 is 11.6 Å². The number of hydrogen-bond donors (Lipinski definition) is 3. The highest BCUT2D eigenvalue weighted by Gasteiger charge is 2.28. The fourth-order valence-electron chi connectivity index (χ4n) is 1.49. The minimum absolute atomic E-state index is 0.0425. The molecule has 1 aromatic rings. The molecule has 1 rings (SSSR count). The smallest absolute Gasteiger partial charge is 0.270 e. The number of nitrogens with one attached hydrogen (secondary N) is 1. The third-order valence-electron chi connectivity index (χ3n) is 2.81. The van der Waals surface area contributed by atoms with Crippen LogP contribution in [-0.4, -0.2) is 39.8 Å². The number of carbonyl (C=O) groups is 1. The van der Waals surface area contributed by atoms with Gasteiger partial charge in [-0.05, 0) is 19.4 Å². The van der Waals surface area contributed by atoms with Crippen molar-refractivity contribution in [3.05, 3.63) is 39.2 Å². The molecule has 0 radical (unpaired) electrons. The second kappa shape index (κ2) is 5.93. The number of nitro groups is 1. The SMILES string of the molecule is Cc1cc([N+](=O)[O-])cc(C(=O)NC(C)(CO)CO)c1F. The number of rotatable bonds is 5. The van der Waals surface area contributed by atoms with Crippen LogP contribution >= 0.6 is 0 Å². The molecule has 0 atom stereocenters. The molecule has 0 aliphatic rings. The van der Waals surface area contributed by atoms with Gasteiger partial charge in [0.1, 0.15) is 5.82 Å². The molecule has 0 unspecified atom stereocenters. The molecule has 7 nitrogen and oxygen atoms in total. The monoisotopic (exact) mass is 286 g/mol. The average molecular weight is 286 g/mol. The van der Waals surface area contributed by atoms with Crippen LogP contribution in [-0.2, 0) is 0 Å². The summed E-state index contributed by atoms with van der Waals surface area (Å²) >= 11 is 0. The number of benzene rings is 1. The van der Waals surface area contributed by atoms with E-state index in [-0.39, 0.29) is 5.56 Å². The number of carbonyl (C=O) groups excluding carboxylic acids is 1. The number of nitro benzene ring substituents is 1. The van der Waals surface area contributed by atoms with E-state index in [1.54, 1.807) is 0 Å². The van der Waals surface area contributed by atoms with Crippen molar-refractivity contribution in [2.45, 2.75) is 19.4 Å². The number of aliphatic hydroxyl groups excluding tert-OH is 2. The summed E-state index contributed by atoms with van der Waals surface area (Å²) in [4.78, 5) is 21.9. The topological polar surface area (TPSA) is 113 Å². The average Bonchev–Trinajstić information content (AvgIpc) is 2.41. The number of halogens is 1. The number of aryl methyl sites for hydroxylation is 1. The molecule has 1 amide bonds. The first-order valence-corrected chi connectivity index (χ1v) is 5.73. The molecule has 0 fully saturated rings. The molecule has 0 bridgehead atoms. The van der Waals surface area contributed by atoms with Gasteiger partial charge in [0.2, 0.25) is 0 Å². The van der Waals surface area contributed by atoms with Gasteiger partial charge in [-0.3, -0.25) is 14.9 Å². The maximum absolute atomic E-state index is 13.9. The molecule has 3 N–H and O–H groups in total. The van der Waals surface area contributed by atoms with Crippen LogP contribution in [0.4, 0.5) is 10.1 Å². The number of hydrogen-bond acceptors (Lipinski definition) is 5. The van der Waals surface area contributed by atoms with Gasteiger partial charge in [0.25, 0.3) is 11.6 Å². The molecule has 20 heavy (non-hydrogen) atoms. The Labute approximate surface area is 114 Å². The lowest BCUT2D eigenvalue weighted by atomic mass is 10.0. The Balaban J connectivity index is 3.19. The summed E-state index contributed by atoms with van der Waals surface area (Å²) in [7, 11) is 0. The molecule has 0 aliphatic carbocycles. The normalized spacial score (nSPS) is 11.2. The lowest BCUT2D eigenvalue weighted by molar-refractivity contribution is -0.385. The van der Waals surface area contributed by atoms with Crippen LogP contribution in [0, 0.1) is 22.9 Å². The Kier molecular flexibility index (Phi) is 4.74. The number of nitrogens with zero attached hydrogens (tertiary/aromatic N) is 1. The summed E-state index contributed by atoms with van der Waals surface area (Å²) in [5.74, 6) is -1.83.